The first-order chi connectivity index (χ1) is 14.3. The van der Waals surface area contributed by atoms with Crippen molar-refractivity contribution in [3.05, 3.63) is 65.4 Å². The molecule has 0 N–H and O–H groups in total. The third-order valence-electron chi connectivity index (χ3n) is 6.65. The number of pyridine rings is 1. The third kappa shape index (κ3) is 3.36. The lowest BCUT2D eigenvalue weighted by Crippen LogP contribution is -2.46. The molecule has 150 valence electrons. The molecular weight excluding hydrogens is 358 g/mol. The molecule has 4 heteroatoms. The van der Waals surface area contributed by atoms with Crippen LogP contribution in [-0.4, -0.2) is 49.7 Å². The molecule has 2 aliphatic rings. The molecule has 0 amide bonds. The van der Waals surface area contributed by atoms with Crippen molar-refractivity contribution in [2.24, 2.45) is 0 Å². The molecule has 0 bridgehead atoms. The Kier molecular flexibility index (Phi) is 4.88. The lowest BCUT2D eigenvalue weighted by Gasteiger charge is -2.35. The molecule has 1 aliphatic heterocycles. The summed E-state index contributed by atoms with van der Waals surface area (Å²) in [5.74, 6) is 2.44. The SMILES string of the molecule is CCN1CCN(c2nc(C3CCc4ccc(OC)cc43)cc3ccccc23)CC1. The number of rotatable bonds is 4. The number of nitrogens with zero attached hydrogens (tertiary/aromatic N) is 3. The van der Waals surface area contributed by atoms with Gasteiger partial charge in [0.1, 0.15) is 11.6 Å². The molecule has 0 radical (unpaired) electrons. The van der Waals surface area contributed by atoms with Crippen LogP contribution in [0.25, 0.3) is 10.8 Å². The number of methoxy groups -OCH3 is 1. The Morgan fingerprint density at radius 2 is 1.86 bits per heavy atom. The fourth-order valence-corrected chi connectivity index (χ4v) is 4.91. The van der Waals surface area contributed by atoms with Gasteiger partial charge in [0.2, 0.25) is 0 Å². The van der Waals surface area contributed by atoms with E-state index in [1.54, 1.807) is 7.11 Å². The molecule has 1 atom stereocenters. The van der Waals surface area contributed by atoms with Crippen LogP contribution in [0.1, 0.15) is 36.1 Å². The van der Waals surface area contributed by atoms with Crippen LogP contribution in [0, 0.1) is 0 Å². The van der Waals surface area contributed by atoms with Crippen LogP contribution < -0.4 is 9.64 Å². The number of ether oxygens (including phenoxy) is 1. The number of benzene rings is 2. The van der Waals surface area contributed by atoms with Crippen molar-refractivity contribution in [3.63, 3.8) is 0 Å². The second-order valence-electron chi connectivity index (χ2n) is 8.17. The maximum absolute atomic E-state index is 5.50. The van der Waals surface area contributed by atoms with E-state index in [0.717, 1.165) is 57.1 Å². The zero-order chi connectivity index (χ0) is 19.8. The first kappa shape index (κ1) is 18.4. The molecule has 5 rings (SSSR count). The van der Waals surface area contributed by atoms with Crippen LogP contribution in [0.2, 0.25) is 0 Å². The van der Waals surface area contributed by atoms with E-state index in [-0.39, 0.29) is 0 Å². The average Bonchev–Trinajstić information content (AvgIpc) is 3.21. The van der Waals surface area contributed by atoms with Gasteiger partial charge in [-0.05, 0) is 54.1 Å². The Morgan fingerprint density at radius 1 is 1.03 bits per heavy atom. The molecule has 1 saturated heterocycles. The number of aryl methyl sites for hydroxylation is 1. The van der Waals surface area contributed by atoms with Crippen molar-refractivity contribution in [1.29, 1.82) is 0 Å². The number of hydrogen-bond acceptors (Lipinski definition) is 4. The first-order valence-corrected chi connectivity index (χ1v) is 10.8. The van der Waals surface area contributed by atoms with Crippen molar-refractivity contribution < 1.29 is 4.74 Å². The number of aromatic nitrogens is 1. The van der Waals surface area contributed by atoms with Crippen LogP contribution in [0.15, 0.2) is 48.5 Å². The van der Waals surface area contributed by atoms with Gasteiger partial charge in [-0.25, -0.2) is 4.98 Å². The van der Waals surface area contributed by atoms with Crippen LogP contribution in [0.5, 0.6) is 5.75 Å². The highest BCUT2D eigenvalue weighted by Crippen LogP contribution is 2.41. The number of piperazine rings is 1. The van der Waals surface area contributed by atoms with Gasteiger partial charge in [0.25, 0.3) is 0 Å². The molecule has 1 aromatic heterocycles. The summed E-state index contributed by atoms with van der Waals surface area (Å²) in [6, 6.07) is 17.5. The van der Waals surface area contributed by atoms with E-state index in [1.807, 2.05) is 0 Å². The molecule has 1 unspecified atom stereocenters. The van der Waals surface area contributed by atoms with Gasteiger partial charge in [0, 0.05) is 37.5 Å². The van der Waals surface area contributed by atoms with Gasteiger partial charge < -0.3 is 14.5 Å². The quantitative estimate of drug-likeness (QED) is 0.661. The van der Waals surface area contributed by atoms with Gasteiger partial charge in [0.15, 0.2) is 0 Å². The van der Waals surface area contributed by atoms with E-state index < -0.39 is 0 Å². The predicted octanol–water partition coefficient (Wildman–Crippen LogP) is 4.46. The van der Waals surface area contributed by atoms with E-state index in [1.165, 1.54) is 27.6 Å². The van der Waals surface area contributed by atoms with Gasteiger partial charge in [-0.1, -0.05) is 37.3 Å². The Morgan fingerprint density at radius 3 is 2.66 bits per heavy atom. The van der Waals surface area contributed by atoms with E-state index >= 15 is 0 Å². The normalized spacial score (nSPS) is 19.5. The molecule has 2 heterocycles. The molecule has 29 heavy (non-hydrogen) atoms. The molecule has 3 aromatic rings. The lowest BCUT2D eigenvalue weighted by atomic mass is 9.95. The summed E-state index contributed by atoms with van der Waals surface area (Å²) in [5, 5.41) is 2.56. The summed E-state index contributed by atoms with van der Waals surface area (Å²) in [7, 11) is 1.74. The van der Waals surface area contributed by atoms with Crippen LogP contribution in [0.3, 0.4) is 0 Å². The van der Waals surface area contributed by atoms with Crippen LogP contribution in [-0.2, 0) is 6.42 Å². The van der Waals surface area contributed by atoms with Gasteiger partial charge in [-0.3, -0.25) is 0 Å². The molecular formula is C25H29N3O. The summed E-state index contributed by atoms with van der Waals surface area (Å²) in [6.07, 6.45) is 2.24. The topological polar surface area (TPSA) is 28.6 Å². The highest BCUT2D eigenvalue weighted by Gasteiger charge is 2.27. The zero-order valence-corrected chi connectivity index (χ0v) is 17.4. The fraction of sp³-hybridized carbons (Fsp3) is 0.400. The Balaban J connectivity index is 1.57. The monoisotopic (exact) mass is 387 g/mol. The predicted molar refractivity (Wildman–Crippen MR) is 119 cm³/mol. The molecule has 1 fully saturated rings. The minimum absolute atomic E-state index is 0.348. The average molecular weight is 388 g/mol. The largest absolute Gasteiger partial charge is 0.497 e. The highest BCUT2D eigenvalue weighted by atomic mass is 16.5. The third-order valence-corrected chi connectivity index (χ3v) is 6.65. The first-order valence-electron chi connectivity index (χ1n) is 10.8. The molecule has 0 spiro atoms. The summed E-state index contributed by atoms with van der Waals surface area (Å²) in [6.45, 7) is 7.69. The maximum Gasteiger partial charge on any atom is 0.136 e. The van der Waals surface area contributed by atoms with Crippen LogP contribution >= 0.6 is 0 Å². The summed E-state index contributed by atoms with van der Waals surface area (Å²) < 4.78 is 5.50. The van der Waals surface area contributed by atoms with Crippen molar-refractivity contribution >= 4 is 16.6 Å². The number of hydrogen-bond donors (Lipinski definition) is 0. The highest BCUT2D eigenvalue weighted by molar-refractivity contribution is 5.92. The van der Waals surface area contributed by atoms with Crippen molar-refractivity contribution in [3.8, 4) is 5.75 Å². The van der Waals surface area contributed by atoms with Gasteiger partial charge in [-0.15, -0.1) is 0 Å². The van der Waals surface area contributed by atoms with Gasteiger partial charge in [0.05, 0.1) is 12.8 Å². The van der Waals surface area contributed by atoms with E-state index in [0.29, 0.717) is 5.92 Å². The standard InChI is InChI=1S/C25H29N3O/c1-3-27-12-14-28(15-13-27)25-21-7-5-4-6-19(21)16-24(26-25)22-11-9-18-8-10-20(29-2)17-23(18)22/h4-8,10,16-17,22H,3,9,11-15H2,1-2H3. The summed E-state index contributed by atoms with van der Waals surface area (Å²) in [4.78, 5) is 10.3. The van der Waals surface area contributed by atoms with Gasteiger partial charge in [-0.2, -0.15) is 0 Å². The zero-order valence-electron chi connectivity index (χ0n) is 17.4. The summed E-state index contributed by atoms with van der Waals surface area (Å²) >= 11 is 0. The fourth-order valence-electron chi connectivity index (χ4n) is 4.91. The lowest BCUT2D eigenvalue weighted by molar-refractivity contribution is 0.270. The van der Waals surface area contributed by atoms with E-state index in [4.69, 9.17) is 9.72 Å². The minimum Gasteiger partial charge on any atom is -0.497 e. The van der Waals surface area contributed by atoms with E-state index in [2.05, 4.69) is 65.3 Å². The summed E-state index contributed by atoms with van der Waals surface area (Å²) in [5.41, 5.74) is 4.02. The van der Waals surface area contributed by atoms with Crippen molar-refractivity contribution in [2.75, 3.05) is 44.7 Å². The second kappa shape index (κ2) is 7.68. The van der Waals surface area contributed by atoms with Crippen LogP contribution in [0.4, 0.5) is 5.82 Å². The number of anilines is 1. The Hall–Kier alpha value is -2.59. The minimum atomic E-state index is 0.348. The van der Waals surface area contributed by atoms with Gasteiger partial charge >= 0.3 is 0 Å². The molecule has 4 nitrogen and oxygen atoms in total. The smallest absolute Gasteiger partial charge is 0.136 e. The Bertz CT molecular complexity index is 1020. The number of fused-ring (bicyclic) bond motifs is 2. The van der Waals surface area contributed by atoms with Crippen molar-refractivity contribution in [2.45, 2.75) is 25.7 Å². The maximum atomic E-state index is 5.50. The molecule has 1 aliphatic carbocycles. The second-order valence-corrected chi connectivity index (χ2v) is 8.17. The van der Waals surface area contributed by atoms with E-state index in [9.17, 15) is 0 Å². The Labute approximate surface area is 173 Å². The number of likely N-dealkylation sites (N-methyl/N-ethyl adjacent to an activating group) is 1. The van der Waals surface area contributed by atoms with Crippen molar-refractivity contribution in [1.82, 2.24) is 9.88 Å². The molecule has 2 aromatic carbocycles. The molecule has 0 saturated carbocycles.